The number of nitrogens with one attached hydrogen (secondary N) is 3. The Hall–Kier alpha value is -3.53. The van der Waals surface area contributed by atoms with Crippen molar-refractivity contribution < 1.29 is 8.78 Å². The lowest BCUT2D eigenvalue weighted by atomic mass is 9.95. The zero-order chi connectivity index (χ0) is 25.4. The first-order chi connectivity index (χ1) is 18.0. The number of halogens is 2. The summed E-state index contributed by atoms with van der Waals surface area (Å²) in [5, 5.41) is 11.1. The molecule has 0 amide bonds. The Bertz CT molecular complexity index is 1360. The van der Waals surface area contributed by atoms with Crippen LogP contribution >= 0.6 is 0 Å². The van der Waals surface area contributed by atoms with Crippen LogP contribution < -0.4 is 16.0 Å². The summed E-state index contributed by atoms with van der Waals surface area (Å²) in [7, 11) is 0. The molecule has 192 valence electrons. The van der Waals surface area contributed by atoms with Crippen LogP contribution in [-0.4, -0.2) is 46.3 Å². The molecule has 0 radical (unpaired) electrons. The predicted molar refractivity (Wildman–Crippen MR) is 141 cm³/mol. The molecule has 3 atom stereocenters. The number of nitrogens with zero attached hydrogens (tertiary/aromatic N) is 5. The summed E-state index contributed by atoms with van der Waals surface area (Å²) in [5.41, 5.74) is 2.03. The Morgan fingerprint density at radius 2 is 2.00 bits per heavy atom. The minimum Gasteiger partial charge on any atom is -0.366 e. The number of hydrogen-bond acceptors (Lipinski definition) is 8. The van der Waals surface area contributed by atoms with E-state index in [4.69, 9.17) is 9.97 Å². The maximum atomic E-state index is 14.4. The summed E-state index contributed by atoms with van der Waals surface area (Å²) in [6.45, 7) is 4.18. The molecule has 2 aromatic heterocycles. The third kappa shape index (κ3) is 5.16. The van der Waals surface area contributed by atoms with Gasteiger partial charge in [0.25, 0.3) is 0 Å². The molecule has 8 nitrogen and oxygen atoms in total. The lowest BCUT2D eigenvalue weighted by Crippen LogP contribution is -2.42. The van der Waals surface area contributed by atoms with Crippen LogP contribution in [0, 0.1) is 5.92 Å². The number of piperidine rings is 1. The SMILES string of the molecule is CC1CNCCC1Nc1nc(C2C=C(NC3=C(F)C=CCC(F)=N3)N=CC2)nc2cncc(C3CC3)c12. The van der Waals surface area contributed by atoms with Crippen LogP contribution in [0.2, 0.25) is 0 Å². The highest BCUT2D eigenvalue weighted by molar-refractivity contribution is 5.92. The van der Waals surface area contributed by atoms with E-state index in [-0.39, 0.29) is 18.2 Å². The number of aliphatic imine (C=N–C) groups is 2. The maximum Gasteiger partial charge on any atom is 0.194 e. The van der Waals surface area contributed by atoms with E-state index in [0.29, 0.717) is 35.9 Å². The van der Waals surface area contributed by atoms with E-state index in [1.54, 1.807) is 12.4 Å². The summed E-state index contributed by atoms with van der Waals surface area (Å²) in [4.78, 5) is 22.5. The topological polar surface area (TPSA) is 99.5 Å². The first-order valence-electron chi connectivity index (χ1n) is 13.0. The van der Waals surface area contributed by atoms with Gasteiger partial charge in [0, 0.05) is 36.2 Å². The maximum absolute atomic E-state index is 14.4. The lowest BCUT2D eigenvalue weighted by molar-refractivity contribution is 0.368. The van der Waals surface area contributed by atoms with Crippen LogP contribution in [0.1, 0.15) is 62.3 Å². The normalized spacial score (nSPS) is 26.1. The van der Waals surface area contributed by atoms with E-state index in [9.17, 15) is 8.78 Å². The van der Waals surface area contributed by atoms with E-state index >= 15 is 0 Å². The zero-order valence-electron chi connectivity index (χ0n) is 20.7. The van der Waals surface area contributed by atoms with Crippen molar-refractivity contribution in [2.45, 2.75) is 56.9 Å². The molecule has 0 spiro atoms. The summed E-state index contributed by atoms with van der Waals surface area (Å²) in [6.07, 6.45) is 13.8. The molecule has 6 rings (SSSR count). The Morgan fingerprint density at radius 1 is 1.11 bits per heavy atom. The second kappa shape index (κ2) is 10.1. The minimum atomic E-state index is -0.664. The largest absolute Gasteiger partial charge is 0.366 e. The number of anilines is 1. The Kier molecular flexibility index (Phi) is 6.50. The molecule has 1 saturated heterocycles. The number of aromatic nitrogens is 3. The van der Waals surface area contributed by atoms with E-state index in [0.717, 1.165) is 49.1 Å². The standard InChI is InChI=1S/C27H30F2N8/c1-15-12-30-9-8-20(15)33-27-24-18(16-5-6-16)13-31-14-21(24)34-25(37-27)17-7-10-32-23(11-17)36-26-19(28)3-2-4-22(29)35-26/h2-3,10-11,13-17,20,30,36H,4-9,12H2,1H3,(H,33,34,37). The number of hydrogen-bond donors (Lipinski definition) is 3. The van der Waals surface area contributed by atoms with Crippen molar-refractivity contribution in [3.63, 3.8) is 0 Å². The fraction of sp³-hybridized carbons (Fsp3) is 0.444. The highest BCUT2D eigenvalue weighted by Gasteiger charge is 2.30. The molecular formula is C27H30F2N8. The molecule has 1 saturated carbocycles. The first kappa shape index (κ1) is 23.8. The van der Waals surface area contributed by atoms with Gasteiger partial charge in [0.15, 0.2) is 17.6 Å². The third-order valence-electron chi connectivity index (χ3n) is 7.31. The van der Waals surface area contributed by atoms with Crippen LogP contribution in [0.3, 0.4) is 0 Å². The second-order valence-corrected chi connectivity index (χ2v) is 10.2. The zero-order valence-corrected chi connectivity index (χ0v) is 20.7. The van der Waals surface area contributed by atoms with Crippen molar-refractivity contribution in [3.05, 3.63) is 59.5 Å². The van der Waals surface area contributed by atoms with Gasteiger partial charge in [0.2, 0.25) is 0 Å². The van der Waals surface area contributed by atoms with E-state index in [1.165, 1.54) is 17.7 Å². The van der Waals surface area contributed by atoms with Crippen LogP contribution in [0.4, 0.5) is 14.6 Å². The summed E-state index contributed by atoms with van der Waals surface area (Å²) in [5.74, 6) is 1.13. The predicted octanol–water partition coefficient (Wildman–Crippen LogP) is 4.77. The van der Waals surface area contributed by atoms with Gasteiger partial charge in [-0.25, -0.2) is 24.3 Å². The fourth-order valence-corrected chi connectivity index (χ4v) is 5.09. The summed E-state index contributed by atoms with van der Waals surface area (Å²) in [6, 6.07) is 0.305. The third-order valence-corrected chi connectivity index (χ3v) is 7.31. The van der Waals surface area contributed by atoms with E-state index in [1.807, 2.05) is 12.3 Å². The highest BCUT2D eigenvalue weighted by Crippen LogP contribution is 2.44. The number of pyridine rings is 1. The quantitative estimate of drug-likeness (QED) is 0.524. The van der Waals surface area contributed by atoms with Crippen LogP contribution in [0.15, 0.2) is 58.1 Å². The molecule has 2 aromatic rings. The van der Waals surface area contributed by atoms with Crippen LogP contribution in [0.5, 0.6) is 0 Å². The van der Waals surface area contributed by atoms with Crippen LogP contribution in [-0.2, 0) is 0 Å². The molecule has 2 fully saturated rings. The van der Waals surface area contributed by atoms with Gasteiger partial charge in [-0.2, -0.15) is 4.39 Å². The molecule has 0 bridgehead atoms. The first-order valence-corrected chi connectivity index (χ1v) is 13.0. The van der Waals surface area contributed by atoms with Crippen LogP contribution in [0.25, 0.3) is 10.9 Å². The van der Waals surface area contributed by atoms with Gasteiger partial charge in [0.1, 0.15) is 17.5 Å². The van der Waals surface area contributed by atoms with Gasteiger partial charge in [-0.15, -0.1) is 0 Å². The fourth-order valence-electron chi connectivity index (χ4n) is 5.09. The van der Waals surface area contributed by atoms with Crippen molar-refractivity contribution in [1.82, 2.24) is 25.6 Å². The molecule has 3 aliphatic heterocycles. The molecular weight excluding hydrogens is 474 g/mol. The van der Waals surface area contributed by atoms with Gasteiger partial charge < -0.3 is 16.0 Å². The van der Waals surface area contributed by atoms with Crippen molar-refractivity contribution in [3.8, 4) is 0 Å². The van der Waals surface area contributed by atoms with Gasteiger partial charge in [-0.1, -0.05) is 13.0 Å². The molecule has 0 aromatic carbocycles. The minimum absolute atomic E-state index is 0.0448. The lowest BCUT2D eigenvalue weighted by Gasteiger charge is -2.31. The van der Waals surface area contributed by atoms with E-state index in [2.05, 4.69) is 37.8 Å². The number of allylic oxidation sites excluding steroid dienone is 4. The number of fused-ring (bicyclic) bond motifs is 1. The average molecular weight is 505 g/mol. The highest BCUT2D eigenvalue weighted by atomic mass is 19.1. The molecule has 3 N–H and O–H groups in total. The smallest absolute Gasteiger partial charge is 0.194 e. The van der Waals surface area contributed by atoms with Gasteiger partial charge >= 0.3 is 0 Å². The van der Waals surface area contributed by atoms with Gasteiger partial charge in [-0.05, 0) is 68.3 Å². The van der Waals surface area contributed by atoms with Gasteiger partial charge in [0.05, 0.1) is 11.7 Å². The number of rotatable bonds is 6. The Morgan fingerprint density at radius 3 is 2.84 bits per heavy atom. The van der Waals surface area contributed by atoms with Crippen molar-refractivity contribution >= 4 is 28.9 Å². The molecule has 37 heavy (non-hydrogen) atoms. The van der Waals surface area contributed by atoms with Crippen molar-refractivity contribution in [1.29, 1.82) is 0 Å². The summed E-state index contributed by atoms with van der Waals surface area (Å²) < 4.78 is 28.2. The second-order valence-electron chi connectivity index (χ2n) is 10.2. The molecule has 3 unspecified atom stereocenters. The Labute approximate surface area is 214 Å². The Balaban J connectivity index is 1.36. The summed E-state index contributed by atoms with van der Waals surface area (Å²) >= 11 is 0. The molecule has 4 aliphatic rings. The monoisotopic (exact) mass is 504 g/mol. The molecule has 1 aliphatic carbocycles. The molecule has 10 heteroatoms. The van der Waals surface area contributed by atoms with Crippen molar-refractivity contribution in [2.75, 3.05) is 18.4 Å². The van der Waals surface area contributed by atoms with Gasteiger partial charge in [-0.3, -0.25) is 4.98 Å². The van der Waals surface area contributed by atoms with Crippen molar-refractivity contribution in [2.24, 2.45) is 15.9 Å². The molecule has 5 heterocycles. The average Bonchev–Trinajstić information content (AvgIpc) is 3.75. The van der Waals surface area contributed by atoms with E-state index < -0.39 is 11.8 Å².